The van der Waals surface area contributed by atoms with Crippen molar-refractivity contribution in [3.63, 3.8) is 0 Å². The quantitative estimate of drug-likeness (QED) is 0.437. The lowest BCUT2D eigenvalue weighted by Gasteiger charge is -2.12. The van der Waals surface area contributed by atoms with Gasteiger partial charge in [-0.3, -0.25) is 0 Å². The Morgan fingerprint density at radius 1 is 1.22 bits per heavy atom. The lowest BCUT2D eigenvalue weighted by molar-refractivity contribution is -0.133. The topological polar surface area (TPSA) is 57.7 Å². The van der Waals surface area contributed by atoms with E-state index in [2.05, 4.69) is 20.9 Å². The largest absolute Gasteiger partial charge is 0.503 e. The van der Waals surface area contributed by atoms with E-state index in [0.29, 0.717) is 17.0 Å². The van der Waals surface area contributed by atoms with E-state index in [4.69, 9.17) is 14.2 Å². The molecule has 2 aromatic rings. The van der Waals surface area contributed by atoms with Gasteiger partial charge in [-0.2, -0.15) is 0 Å². The Hall–Kier alpha value is -2.34. The Morgan fingerprint density at radius 3 is 2.65 bits per heavy atom. The van der Waals surface area contributed by atoms with Gasteiger partial charge in [-0.05, 0) is 33.1 Å². The van der Waals surface area contributed by atoms with Crippen LogP contribution >= 0.6 is 15.9 Å². The molecule has 0 spiro atoms. The number of halogens is 1. The minimum absolute atomic E-state index is 0.267. The Labute approximate surface area is 143 Å². The number of benzene rings is 1. The number of rotatable bonds is 6. The fraction of sp³-hybridized carbons (Fsp3) is 0.176. The van der Waals surface area contributed by atoms with E-state index in [9.17, 15) is 4.79 Å². The van der Waals surface area contributed by atoms with E-state index in [1.54, 1.807) is 12.3 Å². The van der Waals surface area contributed by atoms with Gasteiger partial charge in [-0.25, -0.2) is 9.78 Å². The smallest absolute Gasteiger partial charge is 0.341 e. The summed E-state index contributed by atoms with van der Waals surface area (Å²) in [7, 11) is 2.81. The summed E-state index contributed by atoms with van der Waals surface area (Å²) in [6.07, 6.45) is 3.02. The molecule has 0 saturated carbocycles. The summed E-state index contributed by atoms with van der Waals surface area (Å²) < 4.78 is 16.3. The average Bonchev–Trinajstić information content (AvgIpc) is 2.59. The average molecular weight is 378 g/mol. The molecule has 120 valence electrons. The minimum atomic E-state index is -0.471. The van der Waals surface area contributed by atoms with Crippen molar-refractivity contribution in [3.8, 4) is 5.88 Å². The predicted molar refractivity (Wildman–Crippen MR) is 89.7 cm³/mol. The van der Waals surface area contributed by atoms with Crippen LogP contribution in [0.15, 0.2) is 53.3 Å². The van der Waals surface area contributed by atoms with Crippen LogP contribution in [0.4, 0.5) is 0 Å². The van der Waals surface area contributed by atoms with Crippen molar-refractivity contribution >= 4 is 27.5 Å². The molecule has 0 aliphatic heterocycles. The summed E-state index contributed by atoms with van der Waals surface area (Å²) in [4.78, 5) is 16.1. The summed E-state index contributed by atoms with van der Waals surface area (Å²) in [6.45, 7) is 0.267. The zero-order chi connectivity index (χ0) is 16.7. The van der Waals surface area contributed by atoms with Crippen LogP contribution in [-0.2, 0) is 20.9 Å². The molecule has 2 rings (SSSR count). The highest BCUT2D eigenvalue weighted by atomic mass is 79.9. The molecule has 1 aromatic carbocycles. The van der Waals surface area contributed by atoms with Crippen molar-refractivity contribution in [1.82, 2.24) is 4.98 Å². The maximum Gasteiger partial charge on any atom is 0.341 e. The second kappa shape index (κ2) is 8.33. The second-order valence-corrected chi connectivity index (χ2v) is 5.43. The molecule has 0 aliphatic rings. The Kier molecular flexibility index (Phi) is 6.17. The van der Waals surface area contributed by atoms with Crippen molar-refractivity contribution in [1.29, 1.82) is 0 Å². The number of methoxy groups -OCH3 is 2. The second-order valence-electron chi connectivity index (χ2n) is 4.52. The number of hydrogen-bond donors (Lipinski definition) is 0. The van der Waals surface area contributed by atoms with Crippen molar-refractivity contribution in [2.24, 2.45) is 0 Å². The summed E-state index contributed by atoms with van der Waals surface area (Å²) in [5, 5.41) is 0. The molecule has 0 unspecified atom stereocenters. The number of carbonyl (C=O) groups is 1. The molecule has 0 radical (unpaired) electrons. The first-order valence-corrected chi connectivity index (χ1v) is 7.59. The highest BCUT2D eigenvalue weighted by Gasteiger charge is 2.16. The molecule has 0 N–H and O–H groups in total. The summed E-state index contributed by atoms with van der Waals surface area (Å²) >= 11 is 3.32. The van der Waals surface area contributed by atoms with Gasteiger partial charge in [0.25, 0.3) is 0 Å². The molecular weight excluding hydrogens is 362 g/mol. The van der Waals surface area contributed by atoms with Crippen LogP contribution in [-0.4, -0.2) is 25.2 Å². The van der Waals surface area contributed by atoms with Gasteiger partial charge in [0.05, 0.1) is 20.5 Å². The van der Waals surface area contributed by atoms with Crippen molar-refractivity contribution in [2.45, 2.75) is 6.61 Å². The molecular formula is C17H16BrNO4. The monoisotopic (exact) mass is 377 g/mol. The van der Waals surface area contributed by atoms with Crippen molar-refractivity contribution in [2.75, 3.05) is 14.2 Å². The lowest BCUT2D eigenvalue weighted by Crippen LogP contribution is -2.08. The molecule has 1 aromatic heterocycles. The molecule has 6 heteroatoms. The number of aromatic nitrogens is 1. The van der Waals surface area contributed by atoms with Crippen LogP contribution in [0.1, 0.15) is 11.1 Å². The van der Waals surface area contributed by atoms with Crippen LogP contribution in [0, 0.1) is 0 Å². The minimum Gasteiger partial charge on any atom is -0.503 e. The highest BCUT2D eigenvalue weighted by molar-refractivity contribution is 9.10. The number of ether oxygens (including phenoxy) is 3. The molecule has 1 heterocycles. The SMILES string of the molecule is COC=C(C(=O)OC)c1ccccc1COc1ccc(Br)cn1. The first-order chi connectivity index (χ1) is 11.2. The normalized spacial score (nSPS) is 11.0. The van der Waals surface area contributed by atoms with Crippen LogP contribution in [0.2, 0.25) is 0 Å². The molecule has 0 aliphatic carbocycles. The maximum atomic E-state index is 11.9. The number of pyridine rings is 1. The molecule has 5 nitrogen and oxygen atoms in total. The van der Waals surface area contributed by atoms with Gasteiger partial charge >= 0.3 is 5.97 Å². The van der Waals surface area contributed by atoms with E-state index < -0.39 is 5.97 Å². The third-order valence-corrected chi connectivity index (χ3v) is 3.49. The standard InChI is InChI=1S/C17H16BrNO4/c1-21-11-15(17(20)22-2)14-6-4-3-5-12(14)10-23-16-8-7-13(18)9-19-16/h3-9,11H,10H2,1-2H3. The molecule has 23 heavy (non-hydrogen) atoms. The van der Waals surface area contributed by atoms with E-state index in [-0.39, 0.29) is 6.61 Å². The molecule has 0 atom stereocenters. The highest BCUT2D eigenvalue weighted by Crippen LogP contribution is 2.22. The van der Waals surface area contributed by atoms with E-state index in [1.165, 1.54) is 20.5 Å². The van der Waals surface area contributed by atoms with Gasteiger partial charge < -0.3 is 14.2 Å². The number of esters is 1. The lowest BCUT2D eigenvalue weighted by atomic mass is 10.0. The fourth-order valence-electron chi connectivity index (χ4n) is 1.96. The third-order valence-electron chi connectivity index (χ3n) is 3.02. The maximum absolute atomic E-state index is 11.9. The molecule has 0 bridgehead atoms. The fourth-order valence-corrected chi connectivity index (χ4v) is 2.19. The van der Waals surface area contributed by atoms with Crippen LogP contribution in [0.3, 0.4) is 0 Å². The van der Waals surface area contributed by atoms with Crippen LogP contribution in [0.5, 0.6) is 5.88 Å². The first-order valence-electron chi connectivity index (χ1n) is 6.79. The van der Waals surface area contributed by atoms with E-state index >= 15 is 0 Å². The van der Waals surface area contributed by atoms with E-state index in [1.807, 2.05) is 30.3 Å². The molecule has 0 amide bonds. The summed E-state index contributed by atoms with van der Waals surface area (Å²) in [5.41, 5.74) is 1.85. The predicted octanol–water partition coefficient (Wildman–Crippen LogP) is 3.58. The van der Waals surface area contributed by atoms with Gasteiger partial charge in [0.15, 0.2) is 0 Å². The van der Waals surface area contributed by atoms with Gasteiger partial charge in [0.1, 0.15) is 12.2 Å². The van der Waals surface area contributed by atoms with Gasteiger partial charge in [-0.15, -0.1) is 0 Å². The zero-order valence-electron chi connectivity index (χ0n) is 12.8. The Morgan fingerprint density at radius 2 is 2.00 bits per heavy atom. The first kappa shape index (κ1) is 17.0. The summed E-state index contributed by atoms with van der Waals surface area (Å²) in [5.74, 6) is 0.0272. The zero-order valence-corrected chi connectivity index (χ0v) is 14.4. The number of hydrogen-bond acceptors (Lipinski definition) is 5. The third kappa shape index (κ3) is 4.56. The molecule has 0 saturated heterocycles. The van der Waals surface area contributed by atoms with Gasteiger partial charge in [-0.1, -0.05) is 24.3 Å². The van der Waals surface area contributed by atoms with Crippen molar-refractivity contribution < 1.29 is 19.0 Å². The van der Waals surface area contributed by atoms with Crippen LogP contribution in [0.25, 0.3) is 5.57 Å². The molecule has 0 fully saturated rings. The van der Waals surface area contributed by atoms with E-state index in [0.717, 1.165) is 10.0 Å². The Balaban J connectivity index is 2.24. The van der Waals surface area contributed by atoms with Gasteiger partial charge in [0.2, 0.25) is 5.88 Å². The number of nitrogens with zero attached hydrogens (tertiary/aromatic N) is 1. The van der Waals surface area contributed by atoms with Crippen molar-refractivity contribution in [3.05, 3.63) is 64.5 Å². The Bertz CT molecular complexity index is 698. The number of carbonyl (C=O) groups excluding carboxylic acids is 1. The summed E-state index contributed by atoms with van der Waals surface area (Å²) in [6, 6.07) is 11.0. The van der Waals surface area contributed by atoms with Gasteiger partial charge in [0, 0.05) is 16.7 Å². The van der Waals surface area contributed by atoms with Crippen LogP contribution < -0.4 is 4.74 Å².